The molecule has 0 aromatic carbocycles. The first kappa shape index (κ1) is 19.9. The lowest BCUT2D eigenvalue weighted by molar-refractivity contribution is -0.138. The topological polar surface area (TPSA) is 96.6 Å². The molecule has 3 fully saturated rings. The molecule has 2 bridgehead atoms. The number of likely N-dealkylation sites (tertiary alicyclic amines) is 2. The van der Waals surface area contributed by atoms with Crippen molar-refractivity contribution in [3.8, 4) is 0 Å². The molecule has 156 valence electrons. The molecule has 0 radical (unpaired) electrons. The lowest BCUT2D eigenvalue weighted by atomic mass is 9.82. The van der Waals surface area contributed by atoms with Crippen LogP contribution >= 0.6 is 0 Å². The third kappa shape index (κ3) is 4.43. The Kier molecular flexibility index (Phi) is 5.83. The molecular weight excluding hydrogens is 368 g/mol. The molecule has 7 heteroatoms. The van der Waals surface area contributed by atoms with Crippen LogP contribution in [0.4, 0.5) is 0 Å². The molecule has 7 nitrogen and oxygen atoms in total. The van der Waals surface area contributed by atoms with E-state index in [4.69, 9.17) is 5.73 Å². The first-order chi connectivity index (χ1) is 14.0. The fourth-order valence-electron chi connectivity index (χ4n) is 5.40. The highest BCUT2D eigenvalue weighted by Crippen LogP contribution is 2.44. The maximum Gasteiger partial charge on any atom is 0.227 e. The number of rotatable bonds is 5. The Bertz CT molecular complexity index is 747. The van der Waals surface area contributed by atoms with Gasteiger partial charge in [0.15, 0.2) is 0 Å². The molecule has 1 aromatic heterocycles. The van der Waals surface area contributed by atoms with Crippen LogP contribution in [0.3, 0.4) is 0 Å². The fraction of sp³-hybridized carbons (Fsp3) is 0.636. The summed E-state index contributed by atoms with van der Waals surface area (Å²) in [5, 5.41) is 0. The number of fused-ring (bicyclic) bond motifs is 2. The fourth-order valence-corrected chi connectivity index (χ4v) is 5.40. The lowest BCUT2D eigenvalue weighted by Crippen LogP contribution is -2.48. The molecule has 1 aromatic rings. The van der Waals surface area contributed by atoms with Crippen molar-refractivity contribution in [1.29, 1.82) is 0 Å². The molecule has 29 heavy (non-hydrogen) atoms. The van der Waals surface area contributed by atoms with Gasteiger partial charge in [-0.25, -0.2) is 0 Å². The molecule has 3 heterocycles. The summed E-state index contributed by atoms with van der Waals surface area (Å²) >= 11 is 0. The van der Waals surface area contributed by atoms with Crippen molar-refractivity contribution in [2.45, 2.75) is 38.5 Å². The number of carbonyl (C=O) groups excluding carboxylic acids is 3. The van der Waals surface area contributed by atoms with Crippen molar-refractivity contribution < 1.29 is 14.4 Å². The summed E-state index contributed by atoms with van der Waals surface area (Å²) in [6.45, 7) is 2.79. The van der Waals surface area contributed by atoms with Crippen molar-refractivity contribution in [3.05, 3.63) is 30.1 Å². The predicted molar refractivity (Wildman–Crippen MR) is 107 cm³/mol. The Morgan fingerprint density at radius 2 is 1.55 bits per heavy atom. The van der Waals surface area contributed by atoms with E-state index in [1.54, 1.807) is 12.4 Å². The zero-order valence-electron chi connectivity index (χ0n) is 16.8. The van der Waals surface area contributed by atoms with Gasteiger partial charge in [0.05, 0.1) is 6.42 Å². The summed E-state index contributed by atoms with van der Waals surface area (Å²) in [5.41, 5.74) is 6.39. The third-order valence-electron chi connectivity index (χ3n) is 7.15. The van der Waals surface area contributed by atoms with Gasteiger partial charge >= 0.3 is 0 Å². The lowest BCUT2D eigenvalue weighted by Gasteiger charge is -2.39. The number of nitrogens with two attached hydrogens (primary N) is 1. The summed E-state index contributed by atoms with van der Waals surface area (Å²) in [7, 11) is 0. The monoisotopic (exact) mass is 398 g/mol. The molecule has 0 spiro atoms. The number of nitrogens with zero attached hydrogens (tertiary/aromatic N) is 3. The zero-order valence-corrected chi connectivity index (χ0v) is 16.8. The van der Waals surface area contributed by atoms with Crippen LogP contribution in [0.15, 0.2) is 24.5 Å². The summed E-state index contributed by atoms with van der Waals surface area (Å²) in [6, 6.07) is 3.78. The van der Waals surface area contributed by atoms with E-state index in [0.29, 0.717) is 56.5 Å². The highest BCUT2D eigenvalue weighted by Gasteiger charge is 2.44. The van der Waals surface area contributed by atoms with Crippen LogP contribution in [-0.4, -0.2) is 58.7 Å². The number of amides is 3. The Labute approximate surface area is 171 Å². The van der Waals surface area contributed by atoms with E-state index in [2.05, 4.69) is 4.98 Å². The number of hydrogen-bond acceptors (Lipinski definition) is 4. The van der Waals surface area contributed by atoms with E-state index in [1.165, 1.54) is 0 Å². The molecule has 2 N–H and O–H groups in total. The minimum absolute atomic E-state index is 0.0927. The molecule has 3 amide bonds. The standard InChI is InChI=1S/C22H30N4O3/c23-22(29)16-5-9-25(10-6-16)21(28)12-19-17-1-2-18(19)14-26(13-17)20(27)11-15-3-7-24-8-4-15/h3-4,7-8,16-19H,1-2,5-6,9-14H2,(H2,23,29). The van der Waals surface area contributed by atoms with Crippen LogP contribution in [0.2, 0.25) is 0 Å². The van der Waals surface area contributed by atoms with E-state index in [9.17, 15) is 14.4 Å². The second kappa shape index (κ2) is 8.51. The maximum atomic E-state index is 12.8. The zero-order chi connectivity index (χ0) is 20.4. The number of aromatic nitrogens is 1. The molecular formula is C22H30N4O3. The van der Waals surface area contributed by atoms with E-state index < -0.39 is 0 Å². The number of primary amides is 1. The van der Waals surface area contributed by atoms with Crippen LogP contribution < -0.4 is 5.73 Å². The molecule has 1 aliphatic carbocycles. The second-order valence-electron chi connectivity index (χ2n) is 8.85. The van der Waals surface area contributed by atoms with Crippen LogP contribution in [0, 0.1) is 23.7 Å². The van der Waals surface area contributed by atoms with Crippen molar-refractivity contribution in [3.63, 3.8) is 0 Å². The van der Waals surface area contributed by atoms with Gasteiger partial charge < -0.3 is 15.5 Å². The van der Waals surface area contributed by atoms with Gasteiger partial charge in [0, 0.05) is 50.9 Å². The second-order valence-corrected chi connectivity index (χ2v) is 8.85. The summed E-state index contributed by atoms with van der Waals surface area (Å²) < 4.78 is 0. The van der Waals surface area contributed by atoms with Crippen molar-refractivity contribution >= 4 is 17.7 Å². The van der Waals surface area contributed by atoms with Crippen LogP contribution in [0.1, 0.15) is 37.7 Å². The number of pyridine rings is 1. The Morgan fingerprint density at radius 1 is 0.931 bits per heavy atom. The predicted octanol–water partition coefficient (Wildman–Crippen LogP) is 1.22. The molecule has 4 rings (SSSR count). The number of piperidine rings is 2. The van der Waals surface area contributed by atoms with E-state index >= 15 is 0 Å². The highest BCUT2D eigenvalue weighted by molar-refractivity contribution is 5.80. The molecule has 3 aliphatic rings. The largest absolute Gasteiger partial charge is 0.369 e. The van der Waals surface area contributed by atoms with Gasteiger partial charge in [-0.2, -0.15) is 0 Å². The van der Waals surface area contributed by atoms with Gasteiger partial charge in [0.2, 0.25) is 17.7 Å². The highest BCUT2D eigenvalue weighted by atomic mass is 16.2. The van der Waals surface area contributed by atoms with Crippen LogP contribution in [0.25, 0.3) is 0 Å². The minimum Gasteiger partial charge on any atom is -0.369 e. The quantitative estimate of drug-likeness (QED) is 0.807. The van der Waals surface area contributed by atoms with Gasteiger partial charge in [-0.1, -0.05) is 0 Å². The van der Waals surface area contributed by atoms with E-state index in [0.717, 1.165) is 31.5 Å². The van der Waals surface area contributed by atoms with Crippen molar-refractivity contribution in [2.24, 2.45) is 29.4 Å². The normalized spacial score (nSPS) is 27.1. The van der Waals surface area contributed by atoms with Crippen molar-refractivity contribution in [1.82, 2.24) is 14.8 Å². The average Bonchev–Trinajstić information content (AvgIpc) is 2.95. The first-order valence-electron chi connectivity index (χ1n) is 10.7. The SMILES string of the molecule is NC(=O)C1CCN(C(=O)CC2C3CCC2CN(C(=O)Cc2ccncc2)C3)CC1. The third-order valence-corrected chi connectivity index (χ3v) is 7.15. The van der Waals surface area contributed by atoms with E-state index in [1.807, 2.05) is 21.9 Å². The van der Waals surface area contributed by atoms with E-state index in [-0.39, 0.29) is 23.6 Å². The number of hydrogen-bond donors (Lipinski definition) is 1. The van der Waals surface area contributed by atoms with Crippen molar-refractivity contribution in [2.75, 3.05) is 26.2 Å². The molecule has 2 atom stereocenters. The van der Waals surface area contributed by atoms with Gasteiger partial charge in [-0.05, 0) is 61.1 Å². The Balaban J connectivity index is 1.30. The molecule has 2 unspecified atom stereocenters. The minimum atomic E-state index is -0.251. The smallest absolute Gasteiger partial charge is 0.227 e. The molecule has 2 saturated heterocycles. The first-order valence-corrected chi connectivity index (χ1v) is 10.7. The number of carbonyl (C=O) groups is 3. The van der Waals surface area contributed by atoms with Gasteiger partial charge in [0.25, 0.3) is 0 Å². The Hall–Kier alpha value is -2.44. The summed E-state index contributed by atoms with van der Waals surface area (Å²) in [6.07, 6.45) is 7.98. The van der Waals surface area contributed by atoms with Gasteiger partial charge in [-0.3, -0.25) is 19.4 Å². The molecule has 1 saturated carbocycles. The van der Waals surface area contributed by atoms with Crippen LogP contribution in [0.5, 0.6) is 0 Å². The van der Waals surface area contributed by atoms with Gasteiger partial charge in [0.1, 0.15) is 0 Å². The van der Waals surface area contributed by atoms with Gasteiger partial charge in [-0.15, -0.1) is 0 Å². The van der Waals surface area contributed by atoms with Crippen LogP contribution in [-0.2, 0) is 20.8 Å². The summed E-state index contributed by atoms with van der Waals surface area (Å²) in [4.78, 5) is 44.8. The maximum absolute atomic E-state index is 12.8. The molecule has 2 aliphatic heterocycles. The summed E-state index contributed by atoms with van der Waals surface area (Å²) in [5.74, 6) is 1.24. The average molecular weight is 399 g/mol. The Morgan fingerprint density at radius 3 is 2.14 bits per heavy atom.